The van der Waals surface area contributed by atoms with Gasteiger partial charge in [0.05, 0.1) is 13.3 Å². The molecule has 102 valence electrons. The maximum absolute atomic E-state index is 11.5. The van der Waals surface area contributed by atoms with Crippen LogP contribution in [-0.2, 0) is 17.7 Å². The van der Waals surface area contributed by atoms with Crippen molar-refractivity contribution in [3.05, 3.63) is 47.9 Å². The number of methoxy groups -OCH3 is 1. The van der Waals surface area contributed by atoms with Crippen LogP contribution in [-0.4, -0.2) is 33.1 Å². The summed E-state index contributed by atoms with van der Waals surface area (Å²) in [5.41, 5.74) is 2.66. The van der Waals surface area contributed by atoms with Crippen LogP contribution in [0.1, 0.15) is 16.1 Å². The number of rotatable bonds is 4. The van der Waals surface area contributed by atoms with Crippen molar-refractivity contribution in [2.24, 2.45) is 0 Å². The van der Waals surface area contributed by atoms with Gasteiger partial charge >= 0.3 is 5.97 Å². The van der Waals surface area contributed by atoms with Gasteiger partial charge in [0.25, 0.3) is 0 Å². The zero-order valence-electron chi connectivity index (χ0n) is 11.0. The van der Waals surface area contributed by atoms with Crippen LogP contribution in [0.25, 0.3) is 10.9 Å². The van der Waals surface area contributed by atoms with Crippen LogP contribution in [0.2, 0.25) is 0 Å². The van der Waals surface area contributed by atoms with Crippen molar-refractivity contribution in [2.75, 3.05) is 7.11 Å². The molecule has 0 saturated carbocycles. The lowest BCUT2D eigenvalue weighted by Gasteiger charge is -2.04. The van der Waals surface area contributed by atoms with Gasteiger partial charge in [0.1, 0.15) is 0 Å². The first kappa shape index (κ1) is 12.4. The van der Waals surface area contributed by atoms with Crippen LogP contribution in [0.4, 0.5) is 0 Å². The summed E-state index contributed by atoms with van der Waals surface area (Å²) in [6.45, 7) is 0.576. The van der Waals surface area contributed by atoms with E-state index < -0.39 is 5.97 Å². The molecule has 2 aromatic heterocycles. The maximum atomic E-state index is 11.5. The first-order valence-electron chi connectivity index (χ1n) is 6.31. The number of benzene rings is 1. The number of nitrogens with one attached hydrogen (secondary N) is 1. The molecule has 0 radical (unpaired) electrons. The van der Waals surface area contributed by atoms with Gasteiger partial charge in [0, 0.05) is 23.6 Å². The van der Waals surface area contributed by atoms with Crippen LogP contribution in [0, 0.1) is 0 Å². The SMILES string of the molecule is COC(=O)c1cnnn1CCc1c[nH]c2ccccc12. The molecule has 20 heavy (non-hydrogen) atoms. The minimum absolute atomic E-state index is 0.368. The van der Waals surface area contributed by atoms with Gasteiger partial charge < -0.3 is 9.72 Å². The number of fused-ring (bicyclic) bond motifs is 1. The Balaban J connectivity index is 1.80. The van der Waals surface area contributed by atoms with Gasteiger partial charge in [-0.05, 0) is 18.1 Å². The number of esters is 1. The van der Waals surface area contributed by atoms with Crippen LogP contribution in [0.5, 0.6) is 0 Å². The van der Waals surface area contributed by atoms with Crippen LogP contribution in [0.15, 0.2) is 36.7 Å². The molecule has 0 bridgehead atoms. The molecule has 0 aliphatic rings. The molecule has 0 aliphatic heterocycles. The molecule has 0 fully saturated rings. The highest BCUT2D eigenvalue weighted by molar-refractivity contribution is 5.87. The van der Waals surface area contributed by atoms with Crippen molar-refractivity contribution < 1.29 is 9.53 Å². The number of hydrogen-bond donors (Lipinski definition) is 1. The van der Waals surface area contributed by atoms with Gasteiger partial charge in [0.15, 0.2) is 5.69 Å². The molecule has 2 heterocycles. The second kappa shape index (κ2) is 5.16. The van der Waals surface area contributed by atoms with Crippen LogP contribution < -0.4 is 0 Å². The number of carbonyl (C=O) groups excluding carboxylic acids is 1. The van der Waals surface area contributed by atoms with Gasteiger partial charge in [-0.2, -0.15) is 0 Å². The molecule has 6 heteroatoms. The molecule has 1 aromatic carbocycles. The van der Waals surface area contributed by atoms with E-state index in [9.17, 15) is 4.79 Å². The fourth-order valence-corrected chi connectivity index (χ4v) is 2.25. The van der Waals surface area contributed by atoms with Gasteiger partial charge in [-0.25, -0.2) is 9.48 Å². The van der Waals surface area contributed by atoms with Crippen molar-refractivity contribution in [3.8, 4) is 0 Å². The molecular weight excluding hydrogens is 256 g/mol. The van der Waals surface area contributed by atoms with E-state index in [1.807, 2.05) is 24.4 Å². The number of nitrogens with zero attached hydrogens (tertiary/aromatic N) is 3. The minimum Gasteiger partial charge on any atom is -0.464 e. The zero-order valence-corrected chi connectivity index (χ0v) is 11.0. The van der Waals surface area contributed by atoms with E-state index in [1.165, 1.54) is 24.3 Å². The first-order chi connectivity index (χ1) is 9.79. The summed E-state index contributed by atoms with van der Waals surface area (Å²) < 4.78 is 6.26. The van der Waals surface area contributed by atoms with Crippen molar-refractivity contribution in [3.63, 3.8) is 0 Å². The first-order valence-corrected chi connectivity index (χ1v) is 6.31. The second-order valence-electron chi connectivity index (χ2n) is 4.44. The smallest absolute Gasteiger partial charge is 0.358 e. The fraction of sp³-hybridized carbons (Fsp3) is 0.214. The number of aromatic amines is 1. The van der Waals surface area contributed by atoms with Gasteiger partial charge in [-0.1, -0.05) is 23.4 Å². The summed E-state index contributed by atoms with van der Waals surface area (Å²) in [7, 11) is 1.35. The Hall–Kier alpha value is -2.63. The summed E-state index contributed by atoms with van der Waals surface area (Å²) in [6.07, 6.45) is 4.16. The number of aromatic nitrogens is 4. The Kier molecular flexibility index (Phi) is 3.20. The zero-order chi connectivity index (χ0) is 13.9. The Morgan fingerprint density at radius 2 is 2.25 bits per heavy atom. The molecule has 1 N–H and O–H groups in total. The standard InChI is InChI=1S/C14H14N4O2/c1-20-14(19)13-9-16-17-18(13)7-6-10-8-15-12-5-3-2-4-11(10)12/h2-5,8-9,15H,6-7H2,1H3. The number of ether oxygens (including phenoxy) is 1. The van der Waals surface area contributed by atoms with Gasteiger partial charge in [-0.15, -0.1) is 5.10 Å². The largest absolute Gasteiger partial charge is 0.464 e. The highest BCUT2D eigenvalue weighted by atomic mass is 16.5. The number of carbonyl (C=O) groups is 1. The average molecular weight is 270 g/mol. The van der Waals surface area contributed by atoms with Crippen molar-refractivity contribution >= 4 is 16.9 Å². The normalized spacial score (nSPS) is 10.8. The molecule has 3 aromatic rings. The van der Waals surface area contributed by atoms with E-state index in [0.717, 1.165) is 11.9 Å². The summed E-state index contributed by atoms with van der Waals surface area (Å²) >= 11 is 0. The average Bonchev–Trinajstić information content (AvgIpc) is 3.11. The molecule has 0 unspecified atom stereocenters. The molecule has 0 spiro atoms. The Bertz CT molecular complexity index is 744. The predicted molar refractivity (Wildman–Crippen MR) is 73.4 cm³/mol. The summed E-state index contributed by atoms with van der Waals surface area (Å²) in [5, 5.41) is 8.87. The molecule has 0 saturated heterocycles. The molecule has 3 rings (SSSR count). The number of hydrogen-bond acceptors (Lipinski definition) is 4. The highest BCUT2D eigenvalue weighted by Gasteiger charge is 2.13. The Labute approximate surface area is 115 Å². The number of H-pyrrole nitrogens is 1. The lowest BCUT2D eigenvalue weighted by Crippen LogP contribution is -2.13. The lowest BCUT2D eigenvalue weighted by atomic mass is 10.1. The Morgan fingerprint density at radius 3 is 3.10 bits per heavy atom. The third-order valence-corrected chi connectivity index (χ3v) is 3.28. The third-order valence-electron chi connectivity index (χ3n) is 3.28. The van der Waals surface area contributed by atoms with Crippen molar-refractivity contribution in [1.82, 2.24) is 20.0 Å². The predicted octanol–water partition coefficient (Wildman–Crippen LogP) is 1.79. The summed E-state index contributed by atoms with van der Waals surface area (Å²) in [4.78, 5) is 14.8. The molecule has 6 nitrogen and oxygen atoms in total. The number of para-hydroxylation sites is 1. The fourth-order valence-electron chi connectivity index (χ4n) is 2.25. The van der Waals surface area contributed by atoms with Crippen molar-refractivity contribution in [2.45, 2.75) is 13.0 Å². The summed E-state index contributed by atoms with van der Waals surface area (Å²) in [6, 6.07) is 8.11. The lowest BCUT2D eigenvalue weighted by molar-refractivity contribution is 0.0586. The highest BCUT2D eigenvalue weighted by Crippen LogP contribution is 2.18. The molecule has 0 atom stereocenters. The van der Waals surface area contributed by atoms with E-state index in [-0.39, 0.29) is 0 Å². The van der Waals surface area contributed by atoms with E-state index in [2.05, 4.69) is 21.4 Å². The molecule has 0 amide bonds. The monoisotopic (exact) mass is 270 g/mol. The summed E-state index contributed by atoms with van der Waals surface area (Å²) in [5.74, 6) is -0.422. The second-order valence-corrected chi connectivity index (χ2v) is 4.44. The molecular formula is C14H14N4O2. The van der Waals surface area contributed by atoms with Crippen LogP contribution >= 0.6 is 0 Å². The van der Waals surface area contributed by atoms with E-state index in [0.29, 0.717) is 12.2 Å². The van der Waals surface area contributed by atoms with E-state index >= 15 is 0 Å². The minimum atomic E-state index is -0.422. The van der Waals surface area contributed by atoms with Gasteiger partial charge in [0.2, 0.25) is 0 Å². The van der Waals surface area contributed by atoms with Gasteiger partial charge in [-0.3, -0.25) is 0 Å². The topological polar surface area (TPSA) is 72.8 Å². The van der Waals surface area contributed by atoms with E-state index in [4.69, 9.17) is 4.74 Å². The van der Waals surface area contributed by atoms with E-state index in [1.54, 1.807) is 4.68 Å². The van der Waals surface area contributed by atoms with Crippen LogP contribution in [0.3, 0.4) is 0 Å². The maximum Gasteiger partial charge on any atom is 0.358 e. The molecule has 0 aliphatic carbocycles. The van der Waals surface area contributed by atoms with Crippen molar-refractivity contribution in [1.29, 1.82) is 0 Å². The number of aryl methyl sites for hydroxylation is 2. The Morgan fingerprint density at radius 1 is 1.40 bits per heavy atom. The quantitative estimate of drug-likeness (QED) is 0.733. The third kappa shape index (κ3) is 2.16.